The number of nitrogens with zero attached hydrogens (tertiary/aromatic N) is 2. The third-order valence-corrected chi connectivity index (χ3v) is 4.93. The molecule has 2 aromatic heterocycles. The van der Waals surface area contributed by atoms with Crippen LogP contribution in [0.4, 0.5) is 0 Å². The number of hydrogen-bond acceptors (Lipinski definition) is 3. The fourth-order valence-corrected chi connectivity index (χ4v) is 3.01. The van der Waals surface area contributed by atoms with E-state index in [9.17, 15) is 4.79 Å². The molecule has 0 radical (unpaired) electrons. The molecule has 0 aliphatic rings. The van der Waals surface area contributed by atoms with Crippen molar-refractivity contribution in [2.45, 2.75) is 54.1 Å². The van der Waals surface area contributed by atoms with Gasteiger partial charge < -0.3 is 9.88 Å². The van der Waals surface area contributed by atoms with E-state index in [1.807, 2.05) is 20.8 Å². The Bertz CT molecular complexity index is 669. The summed E-state index contributed by atoms with van der Waals surface area (Å²) in [5.74, 6) is 0.494. The van der Waals surface area contributed by atoms with Crippen molar-refractivity contribution in [2.75, 3.05) is 0 Å². The molecule has 22 heavy (non-hydrogen) atoms. The molecule has 0 aliphatic carbocycles. The molecule has 0 saturated carbocycles. The lowest BCUT2D eigenvalue weighted by atomic mass is 10.1. The first-order chi connectivity index (χ1) is 10.3. The van der Waals surface area contributed by atoms with Gasteiger partial charge in [0.1, 0.15) is 6.54 Å². The second-order valence-electron chi connectivity index (χ2n) is 6.22. The molecule has 2 rings (SSSR count). The molecule has 0 spiro atoms. The summed E-state index contributed by atoms with van der Waals surface area (Å²) >= 11 is 1.65. The van der Waals surface area contributed by atoms with Crippen molar-refractivity contribution >= 4 is 17.2 Å². The molecule has 4 nitrogen and oxygen atoms in total. The first kappa shape index (κ1) is 16.7. The largest absolute Gasteiger partial charge is 0.352 e. The molecule has 2 heterocycles. The molecule has 1 N–H and O–H groups in total. The van der Waals surface area contributed by atoms with Gasteiger partial charge in [0.15, 0.2) is 0 Å². The van der Waals surface area contributed by atoms with Gasteiger partial charge in [0.25, 0.3) is 0 Å². The second kappa shape index (κ2) is 6.65. The lowest BCUT2D eigenvalue weighted by Crippen LogP contribution is -2.38. The topological polar surface area (TPSA) is 46.9 Å². The van der Waals surface area contributed by atoms with Crippen molar-refractivity contribution < 1.29 is 4.79 Å². The molecule has 2 aromatic rings. The molecule has 0 bridgehead atoms. The molecule has 0 saturated heterocycles. The predicted octanol–water partition coefficient (Wildman–Crippen LogP) is 3.70. The summed E-state index contributed by atoms with van der Waals surface area (Å²) in [6.45, 7) is 12.7. The average molecular weight is 319 g/mol. The third kappa shape index (κ3) is 3.58. The highest BCUT2D eigenvalue weighted by atomic mass is 32.1. The summed E-state index contributed by atoms with van der Waals surface area (Å²) in [6.07, 6.45) is 0. The van der Waals surface area contributed by atoms with E-state index in [0.717, 1.165) is 27.7 Å². The number of carbonyl (C=O) groups is 1. The number of nitrogens with one attached hydrogen (secondary N) is 1. The number of aryl methyl sites for hydroxylation is 2. The van der Waals surface area contributed by atoms with Gasteiger partial charge in [0, 0.05) is 28.4 Å². The molecular weight excluding hydrogens is 294 g/mol. The van der Waals surface area contributed by atoms with E-state index in [1.165, 1.54) is 0 Å². The van der Waals surface area contributed by atoms with Crippen molar-refractivity contribution in [2.24, 2.45) is 5.92 Å². The zero-order valence-corrected chi connectivity index (χ0v) is 15.0. The van der Waals surface area contributed by atoms with Crippen molar-refractivity contribution in [1.82, 2.24) is 14.9 Å². The predicted molar refractivity (Wildman–Crippen MR) is 92.2 cm³/mol. The normalized spacial score (nSPS) is 12.7. The minimum Gasteiger partial charge on any atom is -0.352 e. The van der Waals surface area contributed by atoms with Gasteiger partial charge in [-0.15, -0.1) is 11.3 Å². The van der Waals surface area contributed by atoms with Gasteiger partial charge in [-0.1, -0.05) is 13.8 Å². The van der Waals surface area contributed by atoms with E-state index < -0.39 is 0 Å². The van der Waals surface area contributed by atoms with Crippen LogP contribution in [0.15, 0.2) is 11.4 Å². The van der Waals surface area contributed by atoms with Gasteiger partial charge in [-0.3, -0.25) is 4.79 Å². The number of thiazole rings is 1. The van der Waals surface area contributed by atoms with E-state index >= 15 is 0 Å². The van der Waals surface area contributed by atoms with Gasteiger partial charge in [-0.2, -0.15) is 0 Å². The SMILES string of the molecule is Cc1nc(-c2cc(C)n(CC(=O)NC(C)C(C)C)c2C)cs1. The summed E-state index contributed by atoms with van der Waals surface area (Å²) in [4.78, 5) is 16.8. The van der Waals surface area contributed by atoms with Gasteiger partial charge in [0.2, 0.25) is 5.91 Å². The minimum absolute atomic E-state index is 0.0593. The molecule has 1 atom stereocenters. The van der Waals surface area contributed by atoms with Crippen LogP contribution in [0, 0.1) is 26.7 Å². The highest BCUT2D eigenvalue weighted by Crippen LogP contribution is 2.27. The molecular formula is C17H25N3OS. The van der Waals surface area contributed by atoms with Gasteiger partial charge in [0.05, 0.1) is 10.7 Å². The number of rotatable bonds is 5. The monoisotopic (exact) mass is 319 g/mol. The van der Waals surface area contributed by atoms with E-state index in [2.05, 4.69) is 47.1 Å². The summed E-state index contributed by atoms with van der Waals surface area (Å²) < 4.78 is 2.06. The zero-order valence-electron chi connectivity index (χ0n) is 14.2. The molecule has 0 fully saturated rings. The molecule has 5 heteroatoms. The van der Waals surface area contributed by atoms with Crippen LogP contribution in [0.1, 0.15) is 37.2 Å². The first-order valence-electron chi connectivity index (χ1n) is 7.68. The fourth-order valence-electron chi connectivity index (χ4n) is 2.40. The van der Waals surface area contributed by atoms with Crippen LogP contribution in [0.5, 0.6) is 0 Å². The third-order valence-electron chi connectivity index (χ3n) is 4.16. The number of aromatic nitrogens is 2. The highest BCUT2D eigenvalue weighted by Gasteiger charge is 2.16. The Morgan fingerprint density at radius 1 is 1.32 bits per heavy atom. The van der Waals surface area contributed by atoms with Gasteiger partial charge in [-0.05, 0) is 39.7 Å². The summed E-state index contributed by atoms with van der Waals surface area (Å²) in [5.41, 5.74) is 4.30. The molecule has 0 aliphatic heterocycles. The second-order valence-corrected chi connectivity index (χ2v) is 7.29. The molecule has 120 valence electrons. The number of amides is 1. The van der Waals surface area contributed by atoms with Gasteiger partial charge >= 0.3 is 0 Å². The van der Waals surface area contributed by atoms with E-state index in [-0.39, 0.29) is 11.9 Å². The van der Waals surface area contributed by atoms with E-state index in [4.69, 9.17) is 0 Å². The average Bonchev–Trinajstić information content (AvgIpc) is 2.97. The summed E-state index contributed by atoms with van der Waals surface area (Å²) in [5, 5.41) is 6.19. The fraction of sp³-hybridized carbons (Fsp3) is 0.529. The van der Waals surface area contributed by atoms with Crippen molar-refractivity contribution in [1.29, 1.82) is 0 Å². The Kier molecular flexibility index (Phi) is 5.06. The lowest BCUT2D eigenvalue weighted by molar-refractivity contribution is -0.122. The molecule has 1 amide bonds. The van der Waals surface area contributed by atoms with Crippen LogP contribution in [0.3, 0.4) is 0 Å². The maximum Gasteiger partial charge on any atom is 0.240 e. The maximum absolute atomic E-state index is 12.2. The highest BCUT2D eigenvalue weighted by molar-refractivity contribution is 7.09. The van der Waals surface area contributed by atoms with Crippen LogP contribution >= 0.6 is 11.3 Å². The zero-order chi connectivity index (χ0) is 16.4. The van der Waals surface area contributed by atoms with E-state index in [0.29, 0.717) is 12.5 Å². The van der Waals surface area contributed by atoms with Crippen LogP contribution in [-0.4, -0.2) is 21.5 Å². The maximum atomic E-state index is 12.2. The van der Waals surface area contributed by atoms with E-state index in [1.54, 1.807) is 11.3 Å². The Morgan fingerprint density at radius 2 is 2.00 bits per heavy atom. The number of carbonyl (C=O) groups excluding carboxylic acids is 1. The summed E-state index contributed by atoms with van der Waals surface area (Å²) in [6, 6.07) is 2.30. The molecule has 0 aromatic carbocycles. The van der Waals surface area contributed by atoms with Crippen LogP contribution in [-0.2, 0) is 11.3 Å². The molecule has 1 unspecified atom stereocenters. The summed E-state index contributed by atoms with van der Waals surface area (Å²) in [7, 11) is 0. The minimum atomic E-state index is 0.0593. The standard InChI is InChI=1S/C17H25N3OS/c1-10(2)12(4)18-17(21)8-20-11(3)7-15(13(20)5)16-9-22-14(6)19-16/h7,9-10,12H,8H2,1-6H3,(H,18,21). The first-order valence-corrected chi connectivity index (χ1v) is 8.56. The smallest absolute Gasteiger partial charge is 0.240 e. The van der Waals surface area contributed by atoms with Crippen molar-refractivity contribution in [3.8, 4) is 11.3 Å². The van der Waals surface area contributed by atoms with Gasteiger partial charge in [-0.25, -0.2) is 4.98 Å². The number of hydrogen-bond donors (Lipinski definition) is 1. The van der Waals surface area contributed by atoms with Crippen molar-refractivity contribution in [3.63, 3.8) is 0 Å². The van der Waals surface area contributed by atoms with Crippen LogP contribution in [0.2, 0.25) is 0 Å². The Labute approximate surface area is 136 Å². The quantitative estimate of drug-likeness (QED) is 0.913. The Balaban J connectivity index is 2.19. The Morgan fingerprint density at radius 3 is 2.55 bits per heavy atom. The van der Waals surface area contributed by atoms with Crippen LogP contribution in [0.25, 0.3) is 11.3 Å². The van der Waals surface area contributed by atoms with Crippen molar-refractivity contribution in [3.05, 3.63) is 27.8 Å². The Hall–Kier alpha value is -1.62. The lowest BCUT2D eigenvalue weighted by Gasteiger charge is -2.18. The van der Waals surface area contributed by atoms with Crippen LogP contribution < -0.4 is 5.32 Å².